The lowest BCUT2D eigenvalue weighted by molar-refractivity contribution is -0.137. The van der Waals surface area contributed by atoms with Crippen LogP contribution in [0, 0.1) is 13.8 Å². The second kappa shape index (κ2) is 12.5. The summed E-state index contributed by atoms with van der Waals surface area (Å²) in [5, 5.41) is 0.0721. The van der Waals surface area contributed by atoms with Crippen molar-refractivity contribution in [1.82, 2.24) is 4.90 Å². The van der Waals surface area contributed by atoms with E-state index in [-0.39, 0.29) is 23.2 Å². The highest BCUT2D eigenvalue weighted by molar-refractivity contribution is 7.81. The van der Waals surface area contributed by atoms with Crippen LogP contribution in [-0.2, 0) is 19.1 Å². The van der Waals surface area contributed by atoms with Gasteiger partial charge in [-0.25, -0.2) is 0 Å². The fourth-order valence-electron chi connectivity index (χ4n) is 4.73. The summed E-state index contributed by atoms with van der Waals surface area (Å²) in [6, 6.07) is 19.6. The number of carbonyl (C=O) groups is 3. The van der Waals surface area contributed by atoms with Gasteiger partial charge in [-0.05, 0) is 85.2 Å². The van der Waals surface area contributed by atoms with Gasteiger partial charge in [-0.2, -0.15) is 0 Å². The normalized spacial score (nSPS) is 16.7. The number of hydrogen-bond acceptors (Lipinski definition) is 7. The SMILES string of the molecule is COc1cc(/C=C2\C(=O)N(c3ccccc3)C(=S)N(c3ccc(C)c(C)c3)C2=O)ccc1OCC(=O)N1CCOCC1. The summed E-state index contributed by atoms with van der Waals surface area (Å²) in [7, 11) is 1.48. The Morgan fingerprint density at radius 3 is 2.24 bits per heavy atom. The number of nitrogens with zero attached hydrogens (tertiary/aromatic N) is 3. The van der Waals surface area contributed by atoms with Crippen molar-refractivity contribution >= 4 is 52.5 Å². The van der Waals surface area contributed by atoms with Gasteiger partial charge in [-0.3, -0.25) is 24.2 Å². The third-order valence-corrected chi connectivity index (χ3v) is 7.59. The summed E-state index contributed by atoms with van der Waals surface area (Å²) < 4.78 is 16.6. The maximum Gasteiger partial charge on any atom is 0.270 e. The molecule has 3 amide bonds. The number of rotatable bonds is 7. The Balaban J connectivity index is 1.47. The fourth-order valence-corrected chi connectivity index (χ4v) is 5.11. The van der Waals surface area contributed by atoms with E-state index in [2.05, 4.69) is 0 Å². The Labute approximate surface area is 249 Å². The van der Waals surface area contributed by atoms with Crippen LogP contribution in [0.5, 0.6) is 11.5 Å². The molecule has 9 nitrogen and oxygen atoms in total. The number of amides is 3. The zero-order valence-corrected chi connectivity index (χ0v) is 24.5. The number of ether oxygens (including phenoxy) is 3. The second-order valence-corrected chi connectivity index (χ2v) is 10.3. The molecule has 2 fully saturated rings. The average molecular weight is 586 g/mol. The van der Waals surface area contributed by atoms with Crippen molar-refractivity contribution in [1.29, 1.82) is 0 Å². The van der Waals surface area contributed by atoms with Crippen LogP contribution < -0.4 is 19.3 Å². The van der Waals surface area contributed by atoms with Gasteiger partial charge in [0, 0.05) is 13.1 Å². The molecule has 3 aromatic carbocycles. The van der Waals surface area contributed by atoms with Crippen molar-refractivity contribution in [2.45, 2.75) is 13.8 Å². The van der Waals surface area contributed by atoms with E-state index >= 15 is 0 Å². The summed E-state index contributed by atoms with van der Waals surface area (Å²) in [5.41, 5.74) is 3.65. The van der Waals surface area contributed by atoms with Crippen LogP contribution in [-0.4, -0.2) is 67.8 Å². The second-order valence-electron chi connectivity index (χ2n) is 9.92. The van der Waals surface area contributed by atoms with Crippen LogP contribution >= 0.6 is 12.2 Å². The lowest BCUT2D eigenvalue weighted by Crippen LogP contribution is -2.57. The minimum atomic E-state index is -0.535. The molecular weight excluding hydrogens is 554 g/mol. The summed E-state index contributed by atoms with van der Waals surface area (Å²) in [4.78, 5) is 44.7. The smallest absolute Gasteiger partial charge is 0.270 e. The lowest BCUT2D eigenvalue weighted by atomic mass is 10.0. The first-order valence-corrected chi connectivity index (χ1v) is 13.9. The van der Waals surface area contributed by atoms with Crippen LogP contribution in [0.2, 0.25) is 0 Å². The van der Waals surface area contributed by atoms with Gasteiger partial charge in [0.25, 0.3) is 17.7 Å². The molecular formula is C32H31N3O6S. The first-order valence-electron chi connectivity index (χ1n) is 13.5. The number of benzene rings is 3. The molecule has 10 heteroatoms. The maximum atomic E-state index is 13.9. The minimum Gasteiger partial charge on any atom is -0.493 e. The highest BCUT2D eigenvalue weighted by atomic mass is 32.1. The Morgan fingerprint density at radius 1 is 0.881 bits per heavy atom. The van der Waals surface area contributed by atoms with E-state index in [1.165, 1.54) is 23.0 Å². The standard InChI is InChI=1S/C32H31N3O6S/c1-21-9-11-25(17-22(21)2)35-31(38)26(30(37)34(32(35)42)24-7-5-4-6-8-24)18-23-10-12-27(28(19-23)39-3)41-20-29(36)33-13-15-40-16-14-33/h4-12,17-19H,13-16,20H2,1-3H3/b26-18+. The summed E-state index contributed by atoms with van der Waals surface area (Å²) >= 11 is 5.72. The first-order chi connectivity index (χ1) is 20.3. The number of hydrogen-bond donors (Lipinski definition) is 0. The number of anilines is 2. The molecule has 2 saturated heterocycles. The number of aryl methyl sites for hydroxylation is 2. The third-order valence-electron chi connectivity index (χ3n) is 7.23. The van der Waals surface area contributed by atoms with Crippen LogP contribution in [0.1, 0.15) is 16.7 Å². The number of carbonyl (C=O) groups excluding carboxylic acids is 3. The fraction of sp³-hybridized carbons (Fsp3) is 0.250. The molecule has 0 radical (unpaired) electrons. The molecule has 42 heavy (non-hydrogen) atoms. The maximum absolute atomic E-state index is 13.9. The minimum absolute atomic E-state index is 0.0658. The van der Waals surface area contributed by atoms with E-state index in [0.29, 0.717) is 54.7 Å². The van der Waals surface area contributed by atoms with Crippen molar-refractivity contribution in [2.75, 3.05) is 49.8 Å². The molecule has 0 saturated carbocycles. The summed E-state index contributed by atoms with van der Waals surface area (Å²) in [6.45, 7) is 5.85. The summed E-state index contributed by atoms with van der Waals surface area (Å²) in [6.07, 6.45) is 1.52. The predicted molar refractivity (Wildman–Crippen MR) is 164 cm³/mol. The van der Waals surface area contributed by atoms with Crippen molar-refractivity contribution < 1.29 is 28.6 Å². The molecule has 2 aliphatic heterocycles. The quantitative estimate of drug-likeness (QED) is 0.232. The van der Waals surface area contributed by atoms with E-state index in [1.54, 1.807) is 47.4 Å². The molecule has 0 aromatic heterocycles. The molecule has 0 N–H and O–H groups in total. The highest BCUT2D eigenvalue weighted by Crippen LogP contribution is 2.33. The van der Waals surface area contributed by atoms with Crippen molar-refractivity contribution in [3.8, 4) is 11.5 Å². The average Bonchev–Trinajstić information content (AvgIpc) is 3.01. The van der Waals surface area contributed by atoms with Crippen molar-refractivity contribution in [3.63, 3.8) is 0 Å². The monoisotopic (exact) mass is 585 g/mol. The van der Waals surface area contributed by atoms with Gasteiger partial charge in [0.15, 0.2) is 23.2 Å². The van der Waals surface area contributed by atoms with E-state index in [9.17, 15) is 14.4 Å². The third kappa shape index (κ3) is 5.90. The van der Waals surface area contributed by atoms with Gasteiger partial charge in [-0.1, -0.05) is 30.3 Å². The van der Waals surface area contributed by atoms with Crippen LogP contribution in [0.25, 0.3) is 6.08 Å². The molecule has 0 unspecified atom stereocenters. The molecule has 2 heterocycles. The topological polar surface area (TPSA) is 88.6 Å². The largest absolute Gasteiger partial charge is 0.493 e. The van der Waals surface area contributed by atoms with Gasteiger partial charge in [0.2, 0.25) is 0 Å². The summed E-state index contributed by atoms with van der Waals surface area (Å²) in [5.74, 6) is -0.487. The number of morpholine rings is 1. The van der Waals surface area contributed by atoms with Crippen molar-refractivity contribution in [2.24, 2.45) is 0 Å². The Morgan fingerprint density at radius 2 is 1.57 bits per heavy atom. The van der Waals surface area contributed by atoms with E-state index < -0.39 is 11.8 Å². The zero-order chi connectivity index (χ0) is 29.8. The zero-order valence-electron chi connectivity index (χ0n) is 23.7. The van der Waals surface area contributed by atoms with Crippen LogP contribution in [0.15, 0.2) is 72.3 Å². The number of para-hydroxylation sites is 1. The molecule has 0 atom stereocenters. The molecule has 5 rings (SSSR count). The molecule has 0 bridgehead atoms. The van der Waals surface area contributed by atoms with Gasteiger partial charge in [0.05, 0.1) is 31.7 Å². The lowest BCUT2D eigenvalue weighted by Gasteiger charge is -2.36. The van der Waals surface area contributed by atoms with Crippen molar-refractivity contribution in [3.05, 3.63) is 89.0 Å². The molecule has 0 spiro atoms. The van der Waals surface area contributed by atoms with Crippen LogP contribution in [0.3, 0.4) is 0 Å². The Bertz CT molecular complexity index is 1570. The van der Waals surface area contributed by atoms with E-state index in [4.69, 9.17) is 26.4 Å². The molecule has 2 aliphatic rings. The molecule has 3 aromatic rings. The Kier molecular flexibility index (Phi) is 8.65. The van der Waals surface area contributed by atoms with Crippen LogP contribution in [0.4, 0.5) is 11.4 Å². The first kappa shape index (κ1) is 29.0. The molecule has 0 aliphatic carbocycles. The van der Waals surface area contributed by atoms with E-state index in [0.717, 1.165) is 11.1 Å². The Hall–Kier alpha value is -4.54. The van der Waals surface area contributed by atoms with Gasteiger partial charge < -0.3 is 19.1 Å². The number of thiocarbonyl (C=S) groups is 1. The number of methoxy groups -OCH3 is 1. The van der Waals surface area contributed by atoms with E-state index in [1.807, 2.05) is 38.1 Å². The highest BCUT2D eigenvalue weighted by Gasteiger charge is 2.41. The predicted octanol–water partition coefficient (Wildman–Crippen LogP) is 4.30. The van der Waals surface area contributed by atoms with Gasteiger partial charge in [-0.15, -0.1) is 0 Å². The van der Waals surface area contributed by atoms with Gasteiger partial charge in [0.1, 0.15) is 5.57 Å². The van der Waals surface area contributed by atoms with Gasteiger partial charge >= 0.3 is 0 Å². The molecule has 216 valence electrons.